The Morgan fingerprint density at radius 3 is 2.70 bits per heavy atom. The summed E-state index contributed by atoms with van der Waals surface area (Å²) < 4.78 is 24.0. The summed E-state index contributed by atoms with van der Waals surface area (Å²) in [5.74, 6) is 0.242. The van der Waals surface area contributed by atoms with E-state index in [0.29, 0.717) is 17.9 Å². The van der Waals surface area contributed by atoms with Crippen LogP contribution in [-0.2, 0) is 0 Å². The van der Waals surface area contributed by atoms with Crippen LogP contribution >= 0.6 is 0 Å². The van der Waals surface area contributed by atoms with E-state index in [9.17, 15) is 9.50 Å². The van der Waals surface area contributed by atoms with Gasteiger partial charge in [-0.25, -0.2) is 4.39 Å². The van der Waals surface area contributed by atoms with Gasteiger partial charge in [-0.3, -0.25) is 4.99 Å². The normalized spacial score (nSPS) is 12.3. The fourth-order valence-corrected chi connectivity index (χ4v) is 2.14. The Balaban J connectivity index is 2.19. The lowest BCUT2D eigenvalue weighted by molar-refractivity contribution is 0.318. The molecule has 0 aliphatic rings. The van der Waals surface area contributed by atoms with E-state index in [0.717, 1.165) is 5.56 Å². The van der Waals surface area contributed by atoms with Crippen molar-refractivity contribution in [3.8, 4) is 17.2 Å². The molecule has 0 heterocycles. The molecule has 0 spiro atoms. The Morgan fingerprint density at radius 1 is 1.26 bits per heavy atom. The van der Waals surface area contributed by atoms with Crippen LogP contribution in [0.3, 0.4) is 0 Å². The monoisotopic (exact) mass is 317 g/mol. The fraction of sp³-hybridized carbons (Fsp3) is 0.278. The zero-order valence-corrected chi connectivity index (χ0v) is 13.4. The molecule has 0 aliphatic carbocycles. The topological polar surface area (TPSA) is 51.0 Å². The second-order valence-corrected chi connectivity index (χ2v) is 4.98. The molecule has 5 heteroatoms. The predicted octanol–water partition coefficient (Wildman–Crippen LogP) is 4.12. The van der Waals surface area contributed by atoms with Gasteiger partial charge < -0.3 is 14.6 Å². The SMILES string of the molecule is CCOc1cccc(C=N[C@H](C)c2ccc(OC)c(F)c2)c1O. The van der Waals surface area contributed by atoms with Crippen LogP contribution in [0.1, 0.15) is 31.0 Å². The van der Waals surface area contributed by atoms with E-state index in [1.165, 1.54) is 13.2 Å². The maximum atomic E-state index is 13.7. The molecule has 122 valence electrons. The lowest BCUT2D eigenvalue weighted by Gasteiger charge is -2.10. The van der Waals surface area contributed by atoms with Crippen molar-refractivity contribution in [1.82, 2.24) is 0 Å². The number of halogens is 1. The van der Waals surface area contributed by atoms with Crippen molar-refractivity contribution in [2.75, 3.05) is 13.7 Å². The first kappa shape index (κ1) is 16.8. The number of phenolic OH excluding ortho intramolecular Hbond substituents is 1. The molecule has 23 heavy (non-hydrogen) atoms. The molecule has 1 N–H and O–H groups in total. The number of hydrogen-bond donors (Lipinski definition) is 1. The minimum atomic E-state index is -0.423. The highest BCUT2D eigenvalue weighted by molar-refractivity contribution is 5.85. The van der Waals surface area contributed by atoms with Gasteiger partial charge in [0.05, 0.1) is 19.8 Å². The van der Waals surface area contributed by atoms with E-state index < -0.39 is 5.82 Å². The fourth-order valence-electron chi connectivity index (χ4n) is 2.14. The molecular weight excluding hydrogens is 297 g/mol. The van der Waals surface area contributed by atoms with Crippen LogP contribution in [0.15, 0.2) is 41.4 Å². The highest BCUT2D eigenvalue weighted by Crippen LogP contribution is 2.29. The number of rotatable bonds is 6. The number of aromatic hydroxyl groups is 1. The number of aliphatic imine (C=N–C) groups is 1. The molecule has 1 atom stereocenters. The Labute approximate surface area is 135 Å². The largest absolute Gasteiger partial charge is 0.504 e. The minimum absolute atomic E-state index is 0.0474. The second kappa shape index (κ2) is 7.63. The van der Waals surface area contributed by atoms with E-state index in [1.807, 2.05) is 13.8 Å². The van der Waals surface area contributed by atoms with Gasteiger partial charge in [0.25, 0.3) is 0 Å². The van der Waals surface area contributed by atoms with Crippen molar-refractivity contribution in [3.63, 3.8) is 0 Å². The van der Waals surface area contributed by atoms with Crippen molar-refractivity contribution in [2.45, 2.75) is 19.9 Å². The van der Waals surface area contributed by atoms with E-state index in [4.69, 9.17) is 9.47 Å². The Bertz CT molecular complexity index is 701. The molecule has 2 rings (SSSR count). The van der Waals surface area contributed by atoms with Crippen molar-refractivity contribution in [3.05, 3.63) is 53.3 Å². The lowest BCUT2D eigenvalue weighted by atomic mass is 10.1. The molecule has 4 nitrogen and oxygen atoms in total. The van der Waals surface area contributed by atoms with Crippen LogP contribution in [0, 0.1) is 5.82 Å². The van der Waals surface area contributed by atoms with E-state index in [2.05, 4.69) is 4.99 Å². The molecule has 0 fully saturated rings. The van der Waals surface area contributed by atoms with E-state index in [-0.39, 0.29) is 17.5 Å². The summed E-state index contributed by atoms with van der Waals surface area (Å²) in [5, 5.41) is 10.1. The van der Waals surface area contributed by atoms with Gasteiger partial charge >= 0.3 is 0 Å². The van der Waals surface area contributed by atoms with Gasteiger partial charge in [0.1, 0.15) is 0 Å². The standard InChI is InChI=1S/C18H20FNO3/c1-4-23-17-7-5-6-14(18(17)21)11-20-12(2)13-8-9-16(22-3)15(19)10-13/h5-12,21H,4H2,1-3H3/t12-/m1/s1. The minimum Gasteiger partial charge on any atom is -0.504 e. The van der Waals surface area contributed by atoms with E-state index in [1.54, 1.807) is 36.5 Å². The summed E-state index contributed by atoms with van der Waals surface area (Å²) in [6, 6.07) is 9.69. The Morgan fingerprint density at radius 2 is 2.04 bits per heavy atom. The molecule has 0 bridgehead atoms. The molecule has 0 radical (unpaired) electrons. The molecule has 0 saturated carbocycles. The highest BCUT2D eigenvalue weighted by Gasteiger charge is 2.09. The molecule has 0 aromatic heterocycles. The number of para-hydroxylation sites is 1. The number of benzene rings is 2. The van der Waals surface area contributed by atoms with Crippen LogP contribution < -0.4 is 9.47 Å². The van der Waals surface area contributed by atoms with Gasteiger partial charge in [-0.2, -0.15) is 0 Å². The maximum absolute atomic E-state index is 13.7. The van der Waals surface area contributed by atoms with Crippen LogP contribution in [0.25, 0.3) is 0 Å². The smallest absolute Gasteiger partial charge is 0.166 e. The number of hydrogen-bond acceptors (Lipinski definition) is 4. The molecular formula is C18H20FNO3. The van der Waals surface area contributed by atoms with Crippen LogP contribution in [0.2, 0.25) is 0 Å². The van der Waals surface area contributed by atoms with Crippen molar-refractivity contribution in [1.29, 1.82) is 0 Å². The Hall–Kier alpha value is -2.56. The third-order valence-electron chi connectivity index (χ3n) is 3.43. The molecule has 0 amide bonds. The van der Waals surface area contributed by atoms with Gasteiger partial charge in [0.15, 0.2) is 23.1 Å². The predicted molar refractivity (Wildman–Crippen MR) is 88.2 cm³/mol. The quantitative estimate of drug-likeness (QED) is 0.815. The summed E-state index contributed by atoms with van der Waals surface area (Å²) in [7, 11) is 1.42. The molecule has 0 unspecified atom stereocenters. The molecule has 2 aromatic rings. The van der Waals surface area contributed by atoms with Gasteiger partial charge in [0.2, 0.25) is 0 Å². The zero-order valence-electron chi connectivity index (χ0n) is 13.4. The first-order chi connectivity index (χ1) is 11.1. The maximum Gasteiger partial charge on any atom is 0.166 e. The summed E-state index contributed by atoms with van der Waals surface area (Å²) in [6.45, 7) is 4.16. The van der Waals surface area contributed by atoms with Gasteiger partial charge in [-0.05, 0) is 43.7 Å². The molecule has 0 saturated heterocycles. The van der Waals surface area contributed by atoms with Crippen LogP contribution in [0.5, 0.6) is 17.2 Å². The lowest BCUT2D eigenvalue weighted by Crippen LogP contribution is -1.96. The van der Waals surface area contributed by atoms with Crippen LogP contribution in [-0.4, -0.2) is 25.0 Å². The van der Waals surface area contributed by atoms with Crippen molar-refractivity contribution < 1.29 is 19.0 Å². The Kier molecular flexibility index (Phi) is 5.57. The summed E-state index contributed by atoms with van der Waals surface area (Å²) in [6.07, 6.45) is 1.56. The number of methoxy groups -OCH3 is 1. The third kappa shape index (κ3) is 4.00. The van der Waals surface area contributed by atoms with Crippen molar-refractivity contribution >= 4 is 6.21 Å². The first-order valence-corrected chi connectivity index (χ1v) is 7.38. The van der Waals surface area contributed by atoms with Crippen LogP contribution in [0.4, 0.5) is 4.39 Å². The second-order valence-electron chi connectivity index (χ2n) is 4.98. The van der Waals surface area contributed by atoms with E-state index >= 15 is 0 Å². The van der Waals surface area contributed by atoms with Crippen molar-refractivity contribution in [2.24, 2.45) is 4.99 Å². The number of phenols is 1. The summed E-state index contributed by atoms with van der Waals surface area (Å²) in [5.41, 5.74) is 1.27. The molecule has 2 aromatic carbocycles. The van der Waals surface area contributed by atoms with Gasteiger partial charge in [-0.1, -0.05) is 12.1 Å². The van der Waals surface area contributed by atoms with Gasteiger partial charge in [-0.15, -0.1) is 0 Å². The highest BCUT2D eigenvalue weighted by atomic mass is 19.1. The summed E-state index contributed by atoms with van der Waals surface area (Å²) in [4.78, 5) is 4.38. The average Bonchev–Trinajstić information content (AvgIpc) is 2.55. The first-order valence-electron chi connectivity index (χ1n) is 7.38. The zero-order chi connectivity index (χ0) is 16.8. The average molecular weight is 317 g/mol. The summed E-state index contributed by atoms with van der Waals surface area (Å²) >= 11 is 0. The third-order valence-corrected chi connectivity index (χ3v) is 3.43. The molecule has 0 aliphatic heterocycles. The number of ether oxygens (including phenoxy) is 2. The van der Waals surface area contributed by atoms with Gasteiger partial charge in [0, 0.05) is 11.8 Å². The number of nitrogens with zero attached hydrogens (tertiary/aromatic N) is 1.